The molecule has 0 aliphatic carbocycles. The molecule has 0 amide bonds. The van der Waals surface area contributed by atoms with Crippen molar-refractivity contribution in [3.63, 3.8) is 0 Å². The highest BCUT2D eigenvalue weighted by Gasteiger charge is 2.30. The minimum atomic E-state index is -3.76. The highest BCUT2D eigenvalue weighted by molar-refractivity contribution is 7.89. The summed E-state index contributed by atoms with van der Waals surface area (Å²) < 4.78 is 40.7. The van der Waals surface area contributed by atoms with Crippen molar-refractivity contribution in [2.75, 3.05) is 36.4 Å². The summed E-state index contributed by atoms with van der Waals surface area (Å²) >= 11 is 0. The van der Waals surface area contributed by atoms with E-state index in [4.69, 9.17) is 0 Å². The van der Waals surface area contributed by atoms with E-state index >= 15 is 0 Å². The molecule has 2 fully saturated rings. The second kappa shape index (κ2) is 10.0. The van der Waals surface area contributed by atoms with E-state index in [1.54, 1.807) is 18.2 Å². The number of nitro groups is 1. The molecule has 0 aromatic heterocycles. The van der Waals surface area contributed by atoms with Crippen LogP contribution >= 0.6 is 0 Å². The number of nitrogens with one attached hydrogen (secondary N) is 1. The van der Waals surface area contributed by atoms with Gasteiger partial charge in [-0.2, -0.15) is 4.31 Å². The topological polar surface area (TPSA) is 95.8 Å². The molecule has 0 unspecified atom stereocenters. The molecule has 8 nitrogen and oxygen atoms in total. The average molecular weight is 477 g/mol. The molecule has 33 heavy (non-hydrogen) atoms. The van der Waals surface area contributed by atoms with Crippen molar-refractivity contribution >= 4 is 27.1 Å². The molecule has 2 heterocycles. The van der Waals surface area contributed by atoms with Crippen LogP contribution in [0.5, 0.6) is 0 Å². The molecule has 0 saturated carbocycles. The highest BCUT2D eigenvalue weighted by Crippen LogP contribution is 2.34. The number of piperidine rings is 1. The minimum Gasteiger partial charge on any atom is -0.382 e. The van der Waals surface area contributed by atoms with E-state index in [1.807, 2.05) is 4.90 Å². The maximum atomic E-state index is 13.1. The fourth-order valence-electron chi connectivity index (χ4n) is 4.55. The van der Waals surface area contributed by atoms with Gasteiger partial charge in [0.05, 0.1) is 9.82 Å². The quantitative estimate of drug-likeness (QED) is 0.491. The van der Waals surface area contributed by atoms with Crippen LogP contribution in [0.4, 0.5) is 21.5 Å². The molecule has 0 atom stereocenters. The van der Waals surface area contributed by atoms with Crippen molar-refractivity contribution in [2.45, 2.75) is 49.5 Å². The first-order valence-electron chi connectivity index (χ1n) is 11.4. The smallest absolute Gasteiger partial charge is 0.293 e. The summed E-state index contributed by atoms with van der Waals surface area (Å²) in [6.07, 6.45) is 5.11. The number of sulfonamides is 1. The van der Waals surface area contributed by atoms with Crippen molar-refractivity contribution in [1.82, 2.24) is 4.31 Å². The molecule has 1 N–H and O–H groups in total. The van der Waals surface area contributed by atoms with Gasteiger partial charge in [0.2, 0.25) is 10.0 Å². The van der Waals surface area contributed by atoms with Gasteiger partial charge < -0.3 is 10.2 Å². The van der Waals surface area contributed by atoms with Gasteiger partial charge in [-0.05, 0) is 62.1 Å². The number of nitrogens with zero attached hydrogens (tertiary/aromatic N) is 3. The van der Waals surface area contributed by atoms with Gasteiger partial charge in [0, 0.05) is 44.0 Å². The Kier molecular flexibility index (Phi) is 7.14. The van der Waals surface area contributed by atoms with E-state index in [1.165, 1.54) is 28.6 Å². The standard InChI is InChI=1S/C23H29FN4O4S/c24-18-5-7-19(8-6-18)25-20-11-15-26(16-12-20)22-10-9-21(17-23(22)28(29)30)33(31,32)27-13-3-1-2-4-14-27/h5-10,17,20,25H,1-4,11-16H2. The van der Waals surface area contributed by atoms with Crippen molar-refractivity contribution in [1.29, 1.82) is 0 Å². The predicted octanol–water partition coefficient (Wildman–Crippen LogP) is 4.38. The average Bonchev–Trinajstić information content (AvgIpc) is 3.11. The van der Waals surface area contributed by atoms with E-state index in [9.17, 15) is 22.9 Å². The SMILES string of the molecule is O=[N+]([O-])c1cc(S(=O)(=O)N2CCCCCC2)ccc1N1CCC(Nc2ccc(F)cc2)CC1. The van der Waals surface area contributed by atoms with Crippen LogP contribution in [0.2, 0.25) is 0 Å². The molecular formula is C23H29FN4O4S. The van der Waals surface area contributed by atoms with Gasteiger partial charge >= 0.3 is 0 Å². The normalized spacial score (nSPS) is 18.6. The Balaban J connectivity index is 1.48. The van der Waals surface area contributed by atoms with Gasteiger partial charge in [-0.1, -0.05) is 12.8 Å². The number of anilines is 2. The Labute approximate surface area is 193 Å². The fourth-order valence-corrected chi connectivity index (χ4v) is 6.09. The van der Waals surface area contributed by atoms with Gasteiger partial charge in [-0.3, -0.25) is 10.1 Å². The van der Waals surface area contributed by atoms with Crippen LogP contribution in [0, 0.1) is 15.9 Å². The zero-order valence-electron chi connectivity index (χ0n) is 18.5. The number of hydrogen-bond donors (Lipinski definition) is 1. The third-order valence-electron chi connectivity index (χ3n) is 6.40. The molecule has 2 aromatic rings. The Morgan fingerprint density at radius 1 is 0.939 bits per heavy atom. The van der Waals surface area contributed by atoms with Gasteiger partial charge in [-0.15, -0.1) is 0 Å². The number of nitro benzene ring substituents is 1. The summed E-state index contributed by atoms with van der Waals surface area (Å²) in [5.74, 6) is -0.288. The molecular weight excluding hydrogens is 447 g/mol. The Bertz CT molecular complexity index is 1080. The monoisotopic (exact) mass is 476 g/mol. The molecule has 0 bridgehead atoms. The van der Waals surface area contributed by atoms with Gasteiger partial charge in [0.15, 0.2) is 0 Å². The highest BCUT2D eigenvalue weighted by atomic mass is 32.2. The molecule has 2 aliphatic rings. The third-order valence-corrected chi connectivity index (χ3v) is 8.29. The van der Waals surface area contributed by atoms with Crippen LogP contribution in [-0.2, 0) is 10.0 Å². The number of rotatable bonds is 6. The number of hydrogen-bond acceptors (Lipinski definition) is 6. The second-order valence-corrected chi connectivity index (χ2v) is 10.6. The molecule has 178 valence electrons. The van der Waals surface area contributed by atoms with E-state index in [0.29, 0.717) is 31.9 Å². The van der Waals surface area contributed by atoms with Crippen molar-refractivity contribution < 1.29 is 17.7 Å². The zero-order chi connectivity index (χ0) is 23.4. The van der Waals surface area contributed by atoms with Crippen LogP contribution in [0.25, 0.3) is 0 Å². The lowest BCUT2D eigenvalue weighted by atomic mass is 10.0. The van der Waals surface area contributed by atoms with Crippen LogP contribution in [-0.4, -0.2) is 49.9 Å². The Morgan fingerprint density at radius 2 is 1.58 bits per heavy atom. The predicted molar refractivity (Wildman–Crippen MR) is 126 cm³/mol. The first-order valence-corrected chi connectivity index (χ1v) is 12.8. The van der Waals surface area contributed by atoms with Crippen molar-refractivity contribution in [3.8, 4) is 0 Å². The first kappa shape index (κ1) is 23.4. The van der Waals surface area contributed by atoms with E-state index in [0.717, 1.165) is 44.2 Å². The van der Waals surface area contributed by atoms with E-state index in [2.05, 4.69) is 5.32 Å². The largest absolute Gasteiger partial charge is 0.382 e. The summed E-state index contributed by atoms with van der Waals surface area (Å²) in [5.41, 5.74) is 1.09. The van der Waals surface area contributed by atoms with Crippen molar-refractivity contribution in [3.05, 3.63) is 58.4 Å². The van der Waals surface area contributed by atoms with E-state index < -0.39 is 14.9 Å². The number of benzene rings is 2. The van der Waals surface area contributed by atoms with Crippen LogP contribution < -0.4 is 10.2 Å². The van der Waals surface area contributed by atoms with Gasteiger partial charge in [-0.25, -0.2) is 12.8 Å². The summed E-state index contributed by atoms with van der Waals surface area (Å²) in [5, 5.41) is 15.2. The molecule has 0 spiro atoms. The second-order valence-electron chi connectivity index (χ2n) is 8.64. The van der Waals surface area contributed by atoms with Gasteiger partial charge in [0.25, 0.3) is 5.69 Å². The van der Waals surface area contributed by atoms with Crippen LogP contribution in [0.1, 0.15) is 38.5 Å². The molecule has 2 aromatic carbocycles. The maximum absolute atomic E-state index is 13.1. The summed E-state index contributed by atoms with van der Waals surface area (Å²) in [6, 6.07) is 10.6. The Hall–Kier alpha value is -2.72. The zero-order valence-corrected chi connectivity index (χ0v) is 19.3. The molecule has 4 rings (SSSR count). The van der Waals surface area contributed by atoms with Crippen molar-refractivity contribution in [2.24, 2.45) is 0 Å². The number of halogens is 1. The summed E-state index contributed by atoms with van der Waals surface area (Å²) in [7, 11) is -3.76. The molecule has 0 radical (unpaired) electrons. The molecule has 10 heteroatoms. The first-order chi connectivity index (χ1) is 15.8. The minimum absolute atomic E-state index is 0.0206. The lowest BCUT2D eigenvalue weighted by molar-refractivity contribution is -0.384. The molecule has 2 aliphatic heterocycles. The fraction of sp³-hybridized carbons (Fsp3) is 0.478. The molecule has 2 saturated heterocycles. The lowest BCUT2D eigenvalue weighted by Gasteiger charge is -2.34. The van der Waals surface area contributed by atoms with E-state index in [-0.39, 0.29) is 22.4 Å². The van der Waals surface area contributed by atoms with Gasteiger partial charge in [0.1, 0.15) is 11.5 Å². The summed E-state index contributed by atoms with van der Waals surface area (Å²) in [4.78, 5) is 13.2. The summed E-state index contributed by atoms with van der Waals surface area (Å²) in [6.45, 7) is 2.09. The maximum Gasteiger partial charge on any atom is 0.293 e. The third kappa shape index (κ3) is 5.44. The van der Waals surface area contributed by atoms with Crippen LogP contribution in [0.15, 0.2) is 47.4 Å². The lowest BCUT2D eigenvalue weighted by Crippen LogP contribution is -2.39. The Morgan fingerprint density at radius 3 is 2.18 bits per heavy atom. The van der Waals surface area contributed by atoms with Crippen LogP contribution in [0.3, 0.4) is 0 Å².